The van der Waals surface area contributed by atoms with E-state index in [-0.39, 0.29) is 6.09 Å². The number of benzene rings is 1. The molecule has 0 saturated heterocycles. The molecule has 0 aliphatic rings. The van der Waals surface area contributed by atoms with E-state index in [1.165, 1.54) is 0 Å². The molecule has 1 aromatic carbocycles. The van der Waals surface area contributed by atoms with E-state index in [0.717, 1.165) is 14.8 Å². The third-order valence-corrected chi connectivity index (χ3v) is 3.10. The van der Waals surface area contributed by atoms with Crippen LogP contribution in [0.4, 0.5) is 10.5 Å². The van der Waals surface area contributed by atoms with Gasteiger partial charge in [-0.1, -0.05) is 24.3 Å². The number of nitrogens with zero attached hydrogens (tertiary/aromatic N) is 1. The van der Waals surface area contributed by atoms with Gasteiger partial charge in [-0.15, -0.1) is 0 Å². The summed E-state index contributed by atoms with van der Waals surface area (Å²) in [4.78, 5) is 13.9. The molecule has 0 spiro atoms. The number of ether oxygens (including phenoxy) is 1. The summed E-state index contributed by atoms with van der Waals surface area (Å²) in [7, 11) is 0. The van der Waals surface area contributed by atoms with Crippen LogP contribution in [-0.2, 0) is 4.74 Å². The average Bonchev–Trinajstić information content (AvgIpc) is 2.24. The Kier molecular flexibility index (Phi) is 5.40. The zero-order valence-corrected chi connectivity index (χ0v) is 14.0. The average molecular weight is 373 g/mol. The van der Waals surface area contributed by atoms with Gasteiger partial charge >= 0.3 is 6.09 Å². The van der Waals surface area contributed by atoms with E-state index in [4.69, 9.17) is 4.74 Å². The van der Waals surface area contributed by atoms with Gasteiger partial charge in [0.2, 0.25) is 0 Å². The minimum atomic E-state index is -0.509. The molecule has 1 rings (SSSR count). The summed E-state index contributed by atoms with van der Waals surface area (Å²) in [5, 5.41) is 0. The smallest absolute Gasteiger partial charge is 0.415 e. The van der Waals surface area contributed by atoms with Crippen molar-refractivity contribution in [3.8, 4) is 0 Å². The molecule has 3 nitrogen and oxygen atoms in total. The van der Waals surface area contributed by atoms with E-state index in [9.17, 15) is 4.79 Å². The second-order valence-electron chi connectivity index (χ2n) is 5.48. The Hall–Kier alpha value is -1.04. The Bertz CT molecular complexity index is 477. The highest BCUT2D eigenvalue weighted by Crippen LogP contribution is 2.24. The molecular weight excluding hydrogens is 353 g/mol. The Labute approximate surface area is 128 Å². The summed E-state index contributed by atoms with van der Waals surface area (Å²) in [6, 6.07) is 7.73. The topological polar surface area (TPSA) is 29.5 Å². The molecule has 0 unspecified atom stereocenters. The van der Waals surface area contributed by atoms with Gasteiger partial charge in [0, 0.05) is 10.1 Å². The van der Waals surface area contributed by atoms with Crippen molar-refractivity contribution in [2.24, 2.45) is 0 Å². The predicted octanol–water partition coefficient (Wildman–Crippen LogP) is 4.61. The third kappa shape index (κ3) is 5.22. The van der Waals surface area contributed by atoms with Gasteiger partial charge in [0.05, 0.1) is 5.69 Å². The van der Waals surface area contributed by atoms with Gasteiger partial charge in [0.25, 0.3) is 0 Å². The van der Waals surface area contributed by atoms with Crippen molar-refractivity contribution in [3.63, 3.8) is 0 Å². The first-order valence-electron chi connectivity index (χ1n) is 6.10. The second kappa shape index (κ2) is 6.41. The molecule has 1 amide bonds. The molecule has 0 aliphatic carbocycles. The van der Waals surface area contributed by atoms with E-state index in [1.54, 1.807) is 4.90 Å². The Morgan fingerprint density at radius 1 is 1.37 bits per heavy atom. The van der Waals surface area contributed by atoms with Gasteiger partial charge < -0.3 is 4.74 Å². The van der Waals surface area contributed by atoms with Crippen LogP contribution in [-0.4, -0.2) is 18.2 Å². The molecule has 4 heteroatoms. The number of carbonyl (C=O) groups is 1. The number of hydrogen-bond acceptors (Lipinski definition) is 2. The molecule has 0 saturated carbocycles. The van der Waals surface area contributed by atoms with Gasteiger partial charge in [0.15, 0.2) is 0 Å². The number of carbonyl (C=O) groups excluding carboxylic acids is 1. The number of anilines is 1. The van der Waals surface area contributed by atoms with E-state index in [2.05, 4.69) is 29.2 Å². The highest BCUT2D eigenvalue weighted by molar-refractivity contribution is 14.1. The van der Waals surface area contributed by atoms with Crippen molar-refractivity contribution in [2.45, 2.75) is 33.3 Å². The Balaban J connectivity index is 3.05. The van der Waals surface area contributed by atoms with Crippen LogP contribution in [0.5, 0.6) is 0 Å². The van der Waals surface area contributed by atoms with Gasteiger partial charge in [0.1, 0.15) is 5.60 Å². The number of amides is 1. The maximum Gasteiger partial charge on any atom is 0.415 e. The lowest BCUT2D eigenvalue weighted by molar-refractivity contribution is 0.0583. The summed E-state index contributed by atoms with van der Waals surface area (Å²) < 4.78 is 6.46. The molecule has 0 atom stereocenters. The third-order valence-electron chi connectivity index (χ3n) is 2.19. The molecule has 0 fully saturated rings. The van der Waals surface area contributed by atoms with Crippen molar-refractivity contribution in [1.29, 1.82) is 0 Å². The fourth-order valence-corrected chi connectivity index (χ4v) is 2.18. The predicted molar refractivity (Wildman–Crippen MR) is 87.6 cm³/mol. The highest BCUT2D eigenvalue weighted by atomic mass is 127. The van der Waals surface area contributed by atoms with Crippen molar-refractivity contribution < 1.29 is 9.53 Å². The summed E-state index contributed by atoms with van der Waals surface area (Å²) in [5.41, 5.74) is 1.25. The van der Waals surface area contributed by atoms with Crippen LogP contribution in [0.2, 0.25) is 0 Å². The van der Waals surface area contributed by atoms with Crippen LogP contribution in [0.3, 0.4) is 0 Å². The van der Waals surface area contributed by atoms with Gasteiger partial charge in [-0.05, 0) is 62.4 Å². The van der Waals surface area contributed by atoms with Crippen LogP contribution in [0, 0.1) is 3.57 Å². The Morgan fingerprint density at radius 2 is 1.95 bits per heavy atom. The normalized spacial score (nSPS) is 11.0. The maximum atomic E-state index is 12.3. The number of hydrogen-bond donors (Lipinski definition) is 0. The zero-order valence-electron chi connectivity index (χ0n) is 11.9. The molecule has 1 aromatic rings. The SMILES string of the molecule is C=C(C)CN(C(=O)OC(C)(C)C)c1ccccc1I. The molecule has 19 heavy (non-hydrogen) atoms. The second-order valence-corrected chi connectivity index (χ2v) is 6.64. The first kappa shape index (κ1) is 16.0. The quantitative estimate of drug-likeness (QED) is 0.572. The first-order chi connectivity index (χ1) is 8.70. The summed E-state index contributed by atoms with van der Waals surface area (Å²) >= 11 is 2.21. The molecule has 0 aromatic heterocycles. The van der Waals surface area contributed by atoms with Crippen LogP contribution in [0.15, 0.2) is 36.4 Å². The van der Waals surface area contributed by atoms with E-state index in [0.29, 0.717) is 6.54 Å². The number of halogens is 1. The van der Waals surface area contributed by atoms with Crippen LogP contribution in [0.25, 0.3) is 0 Å². The first-order valence-corrected chi connectivity index (χ1v) is 7.18. The summed E-state index contributed by atoms with van der Waals surface area (Å²) in [5.74, 6) is 0. The van der Waals surface area contributed by atoms with E-state index < -0.39 is 5.60 Å². The minimum absolute atomic E-state index is 0.348. The lowest BCUT2D eigenvalue weighted by Crippen LogP contribution is -2.38. The fraction of sp³-hybridized carbons (Fsp3) is 0.400. The number of para-hydroxylation sites is 1. The van der Waals surface area contributed by atoms with Crippen LogP contribution >= 0.6 is 22.6 Å². The van der Waals surface area contributed by atoms with Crippen LogP contribution < -0.4 is 4.90 Å². The van der Waals surface area contributed by atoms with Gasteiger partial charge in [-0.25, -0.2) is 4.79 Å². The lowest BCUT2D eigenvalue weighted by Gasteiger charge is -2.28. The standard InChI is InChI=1S/C15H20INO2/c1-11(2)10-17(14(18)19-15(3,4)5)13-9-7-6-8-12(13)16/h6-9H,1,10H2,2-5H3. The lowest BCUT2D eigenvalue weighted by atomic mass is 10.2. The zero-order chi connectivity index (χ0) is 14.6. The van der Waals surface area contributed by atoms with Crippen molar-refractivity contribution in [3.05, 3.63) is 40.0 Å². The van der Waals surface area contributed by atoms with Gasteiger partial charge in [-0.2, -0.15) is 0 Å². The van der Waals surface area contributed by atoms with E-state index in [1.807, 2.05) is 52.0 Å². The van der Waals surface area contributed by atoms with Crippen molar-refractivity contribution in [2.75, 3.05) is 11.4 Å². The van der Waals surface area contributed by atoms with Crippen molar-refractivity contribution in [1.82, 2.24) is 0 Å². The molecule has 104 valence electrons. The molecule has 0 N–H and O–H groups in total. The molecule has 0 radical (unpaired) electrons. The monoisotopic (exact) mass is 373 g/mol. The summed E-state index contributed by atoms with van der Waals surface area (Å²) in [6.45, 7) is 11.8. The molecule has 0 heterocycles. The summed E-state index contributed by atoms with van der Waals surface area (Å²) in [6.07, 6.45) is -0.348. The molecule has 0 bridgehead atoms. The maximum absolute atomic E-state index is 12.3. The van der Waals surface area contributed by atoms with Crippen molar-refractivity contribution >= 4 is 34.4 Å². The van der Waals surface area contributed by atoms with Gasteiger partial charge in [-0.3, -0.25) is 4.90 Å². The Morgan fingerprint density at radius 3 is 2.42 bits per heavy atom. The minimum Gasteiger partial charge on any atom is -0.443 e. The van der Waals surface area contributed by atoms with E-state index >= 15 is 0 Å². The largest absolute Gasteiger partial charge is 0.443 e. The highest BCUT2D eigenvalue weighted by Gasteiger charge is 2.24. The molecular formula is C15H20INO2. The molecule has 0 aliphatic heterocycles. The number of rotatable bonds is 3. The van der Waals surface area contributed by atoms with Crippen LogP contribution in [0.1, 0.15) is 27.7 Å². The fourth-order valence-electron chi connectivity index (χ4n) is 1.51.